The van der Waals surface area contributed by atoms with Crippen molar-refractivity contribution in [3.05, 3.63) is 23.8 Å². The molecule has 0 N–H and O–H groups in total. The molecule has 5 heteroatoms. The molecule has 1 aromatic carbocycles. The van der Waals surface area contributed by atoms with Crippen molar-refractivity contribution in [1.82, 2.24) is 4.90 Å². The molecule has 0 bridgehead atoms. The number of carbonyl (C=O) groups is 1. The van der Waals surface area contributed by atoms with Crippen molar-refractivity contribution in [3.63, 3.8) is 0 Å². The van der Waals surface area contributed by atoms with Gasteiger partial charge in [-0.3, -0.25) is 0 Å². The Morgan fingerprint density at radius 2 is 1.65 bits per heavy atom. The summed E-state index contributed by atoms with van der Waals surface area (Å²) in [6.07, 6.45) is -0.384. The zero-order valence-electron chi connectivity index (χ0n) is 13.0. The summed E-state index contributed by atoms with van der Waals surface area (Å²) in [4.78, 5) is 13.5. The minimum Gasteiger partial charge on any atom is -0.496 e. The summed E-state index contributed by atoms with van der Waals surface area (Å²) in [6, 6.07) is 5.51. The van der Waals surface area contributed by atoms with Gasteiger partial charge in [0.25, 0.3) is 0 Å². The van der Waals surface area contributed by atoms with E-state index in [0.717, 1.165) is 5.56 Å². The zero-order valence-corrected chi connectivity index (χ0v) is 13.0. The molecule has 0 spiro atoms. The van der Waals surface area contributed by atoms with Gasteiger partial charge in [0.05, 0.1) is 26.3 Å². The van der Waals surface area contributed by atoms with Crippen LogP contribution >= 0.6 is 0 Å². The topological polar surface area (TPSA) is 48.0 Å². The third-order valence-electron chi connectivity index (χ3n) is 2.63. The van der Waals surface area contributed by atoms with Crippen LogP contribution in [0.2, 0.25) is 0 Å². The van der Waals surface area contributed by atoms with E-state index >= 15 is 0 Å². The number of nitrogens with zero attached hydrogens (tertiary/aromatic N) is 1. The van der Waals surface area contributed by atoms with Gasteiger partial charge < -0.3 is 19.1 Å². The third-order valence-corrected chi connectivity index (χ3v) is 2.63. The number of ether oxygens (including phenoxy) is 3. The van der Waals surface area contributed by atoms with Gasteiger partial charge in [-0.1, -0.05) is 6.07 Å². The molecule has 0 saturated carbocycles. The number of hydrogen-bond donors (Lipinski definition) is 0. The molecule has 0 heterocycles. The van der Waals surface area contributed by atoms with E-state index in [1.165, 1.54) is 4.90 Å². The number of hydrogen-bond acceptors (Lipinski definition) is 4. The van der Waals surface area contributed by atoms with Crippen LogP contribution in [-0.2, 0) is 11.3 Å². The van der Waals surface area contributed by atoms with Gasteiger partial charge in [-0.15, -0.1) is 0 Å². The maximum Gasteiger partial charge on any atom is 0.410 e. The molecule has 0 aliphatic rings. The highest BCUT2D eigenvalue weighted by Crippen LogP contribution is 2.29. The summed E-state index contributed by atoms with van der Waals surface area (Å²) in [5, 5.41) is 0. The van der Waals surface area contributed by atoms with Crippen LogP contribution in [0.4, 0.5) is 4.79 Å². The summed E-state index contributed by atoms with van der Waals surface area (Å²) in [6.45, 7) is 5.86. The van der Waals surface area contributed by atoms with Gasteiger partial charge in [0, 0.05) is 7.05 Å². The molecular formula is C15H23NO4. The maximum absolute atomic E-state index is 12.0. The molecular weight excluding hydrogens is 258 g/mol. The Morgan fingerprint density at radius 1 is 1.15 bits per heavy atom. The third kappa shape index (κ3) is 4.33. The fourth-order valence-corrected chi connectivity index (χ4v) is 1.73. The highest BCUT2D eigenvalue weighted by Gasteiger charge is 2.21. The van der Waals surface area contributed by atoms with Crippen LogP contribution in [0, 0.1) is 0 Å². The average Bonchev–Trinajstić information content (AvgIpc) is 2.36. The van der Waals surface area contributed by atoms with Crippen molar-refractivity contribution in [2.75, 3.05) is 21.3 Å². The van der Waals surface area contributed by atoms with Crippen LogP contribution in [-0.4, -0.2) is 37.9 Å². The molecule has 0 unspecified atom stereocenters. The van der Waals surface area contributed by atoms with Crippen molar-refractivity contribution < 1.29 is 19.0 Å². The molecule has 0 fully saturated rings. The Bertz CT molecular complexity index is 443. The van der Waals surface area contributed by atoms with Crippen LogP contribution in [0.5, 0.6) is 11.5 Å². The lowest BCUT2D eigenvalue weighted by Crippen LogP contribution is -2.34. The number of rotatable bonds is 4. The second-order valence-electron chi connectivity index (χ2n) is 5.48. The lowest BCUT2D eigenvalue weighted by atomic mass is 10.1. The predicted molar refractivity (Wildman–Crippen MR) is 77.2 cm³/mol. The van der Waals surface area contributed by atoms with Crippen molar-refractivity contribution >= 4 is 6.09 Å². The van der Waals surface area contributed by atoms with E-state index in [4.69, 9.17) is 14.2 Å². The predicted octanol–water partition coefficient (Wildman–Crippen LogP) is 3.07. The molecule has 5 nitrogen and oxygen atoms in total. The van der Waals surface area contributed by atoms with Crippen molar-refractivity contribution in [2.45, 2.75) is 32.9 Å². The number of amides is 1. The summed E-state index contributed by atoms with van der Waals surface area (Å²) >= 11 is 0. The van der Waals surface area contributed by atoms with Gasteiger partial charge in [0.1, 0.15) is 17.1 Å². The fourth-order valence-electron chi connectivity index (χ4n) is 1.73. The molecule has 0 saturated heterocycles. The summed E-state index contributed by atoms with van der Waals surface area (Å²) in [5.41, 5.74) is 0.293. The summed E-state index contributed by atoms with van der Waals surface area (Å²) in [5.74, 6) is 1.36. The lowest BCUT2D eigenvalue weighted by molar-refractivity contribution is 0.0283. The molecule has 1 amide bonds. The van der Waals surface area contributed by atoms with E-state index < -0.39 is 5.60 Å². The Morgan fingerprint density at radius 3 is 2.05 bits per heavy atom. The van der Waals surface area contributed by atoms with Gasteiger partial charge >= 0.3 is 6.09 Å². The van der Waals surface area contributed by atoms with Gasteiger partial charge in [-0.2, -0.15) is 0 Å². The highest BCUT2D eigenvalue weighted by molar-refractivity contribution is 5.68. The van der Waals surface area contributed by atoms with E-state index in [0.29, 0.717) is 18.0 Å². The van der Waals surface area contributed by atoms with Gasteiger partial charge in [0.15, 0.2) is 0 Å². The van der Waals surface area contributed by atoms with Crippen LogP contribution in [0.25, 0.3) is 0 Å². The maximum atomic E-state index is 12.0. The Kier molecular flexibility index (Phi) is 5.25. The normalized spacial score (nSPS) is 10.9. The Labute approximate surface area is 120 Å². The largest absolute Gasteiger partial charge is 0.496 e. The molecule has 0 atom stereocenters. The van der Waals surface area contributed by atoms with Gasteiger partial charge in [0.2, 0.25) is 0 Å². The molecule has 112 valence electrons. The van der Waals surface area contributed by atoms with Crippen molar-refractivity contribution in [1.29, 1.82) is 0 Å². The molecule has 20 heavy (non-hydrogen) atoms. The minimum absolute atomic E-state index is 0.349. The Hall–Kier alpha value is -1.91. The van der Waals surface area contributed by atoms with E-state index in [9.17, 15) is 4.79 Å². The lowest BCUT2D eigenvalue weighted by Gasteiger charge is -2.25. The van der Waals surface area contributed by atoms with E-state index in [-0.39, 0.29) is 6.09 Å². The second kappa shape index (κ2) is 6.50. The SMILES string of the molecule is COc1cccc(OC)c1CN(C)C(=O)OC(C)(C)C. The van der Waals surface area contributed by atoms with Gasteiger partial charge in [-0.05, 0) is 32.9 Å². The molecule has 0 radical (unpaired) electrons. The zero-order chi connectivity index (χ0) is 15.3. The highest BCUT2D eigenvalue weighted by atomic mass is 16.6. The first-order chi connectivity index (χ1) is 9.28. The Balaban J connectivity index is 2.90. The summed E-state index contributed by atoms with van der Waals surface area (Å²) in [7, 11) is 4.86. The van der Waals surface area contributed by atoms with Crippen LogP contribution in [0.1, 0.15) is 26.3 Å². The smallest absolute Gasteiger partial charge is 0.410 e. The summed E-state index contributed by atoms with van der Waals surface area (Å²) < 4.78 is 15.9. The number of benzene rings is 1. The minimum atomic E-state index is -0.518. The van der Waals surface area contributed by atoms with E-state index in [1.807, 2.05) is 39.0 Å². The first kappa shape index (κ1) is 16.1. The first-order valence-corrected chi connectivity index (χ1v) is 6.42. The molecule has 0 aromatic heterocycles. The fraction of sp³-hybridized carbons (Fsp3) is 0.533. The van der Waals surface area contributed by atoms with E-state index in [1.54, 1.807) is 21.3 Å². The first-order valence-electron chi connectivity index (χ1n) is 6.42. The molecule has 1 rings (SSSR count). The molecule has 0 aliphatic carbocycles. The van der Waals surface area contributed by atoms with E-state index in [2.05, 4.69) is 0 Å². The number of methoxy groups -OCH3 is 2. The van der Waals surface area contributed by atoms with Gasteiger partial charge in [-0.25, -0.2) is 4.79 Å². The van der Waals surface area contributed by atoms with Crippen LogP contribution in [0.15, 0.2) is 18.2 Å². The molecule has 0 aliphatic heterocycles. The standard InChI is InChI=1S/C15H23NO4/c1-15(2,3)20-14(17)16(4)10-11-12(18-5)8-7-9-13(11)19-6/h7-9H,10H2,1-6H3. The van der Waals surface area contributed by atoms with Crippen molar-refractivity contribution in [3.8, 4) is 11.5 Å². The number of carbonyl (C=O) groups excluding carboxylic acids is 1. The quantitative estimate of drug-likeness (QED) is 0.851. The van der Waals surface area contributed by atoms with Crippen molar-refractivity contribution in [2.24, 2.45) is 0 Å². The molecule has 1 aromatic rings. The van der Waals surface area contributed by atoms with Crippen LogP contribution < -0.4 is 9.47 Å². The van der Waals surface area contributed by atoms with Crippen LogP contribution in [0.3, 0.4) is 0 Å². The monoisotopic (exact) mass is 281 g/mol. The second-order valence-corrected chi connectivity index (χ2v) is 5.48. The average molecular weight is 281 g/mol.